The second-order valence-electron chi connectivity index (χ2n) is 8.14. The van der Waals surface area contributed by atoms with Gasteiger partial charge in [0.05, 0.1) is 23.4 Å². The van der Waals surface area contributed by atoms with Crippen LogP contribution in [0.4, 0.5) is 0 Å². The number of nitrogens with zero attached hydrogens (tertiary/aromatic N) is 4. The van der Waals surface area contributed by atoms with Gasteiger partial charge in [0.25, 0.3) is 0 Å². The van der Waals surface area contributed by atoms with Gasteiger partial charge in [-0.1, -0.05) is 5.57 Å². The topological polar surface area (TPSA) is 75.9 Å². The van der Waals surface area contributed by atoms with Gasteiger partial charge in [0.2, 0.25) is 0 Å². The minimum Gasteiger partial charge on any atom is -0.507 e. The van der Waals surface area contributed by atoms with Crippen LogP contribution in [0.2, 0.25) is 0 Å². The number of aromatic hydroxyl groups is 1. The van der Waals surface area contributed by atoms with E-state index in [1.54, 1.807) is 18.6 Å². The van der Waals surface area contributed by atoms with Crippen molar-refractivity contribution in [2.24, 2.45) is 0 Å². The van der Waals surface area contributed by atoms with E-state index in [9.17, 15) is 5.11 Å². The summed E-state index contributed by atoms with van der Waals surface area (Å²) in [7, 11) is 0. The van der Waals surface area contributed by atoms with Crippen molar-refractivity contribution in [2.45, 2.75) is 44.2 Å². The Morgan fingerprint density at radius 1 is 1.25 bits per heavy atom. The van der Waals surface area contributed by atoms with Crippen LogP contribution in [-0.4, -0.2) is 36.4 Å². The van der Waals surface area contributed by atoms with Crippen molar-refractivity contribution in [3.63, 3.8) is 0 Å². The first-order chi connectivity index (χ1) is 13.6. The molecule has 2 aliphatic rings. The first-order valence-electron chi connectivity index (χ1n) is 9.71. The molecule has 3 aromatic rings. The molecule has 0 unspecified atom stereocenters. The highest BCUT2D eigenvalue weighted by molar-refractivity contribution is 5.69. The van der Waals surface area contributed by atoms with Crippen LogP contribution in [0, 0.1) is 0 Å². The van der Waals surface area contributed by atoms with Crippen molar-refractivity contribution in [1.82, 2.24) is 25.1 Å². The fourth-order valence-corrected chi connectivity index (χ4v) is 4.50. The van der Waals surface area contributed by atoms with Gasteiger partial charge in [0.15, 0.2) is 0 Å². The number of rotatable bonds is 3. The predicted molar refractivity (Wildman–Crippen MR) is 108 cm³/mol. The van der Waals surface area contributed by atoms with Gasteiger partial charge in [-0.05, 0) is 62.9 Å². The average Bonchev–Trinajstić information content (AvgIpc) is 3.30. The van der Waals surface area contributed by atoms with Crippen molar-refractivity contribution in [3.05, 3.63) is 60.3 Å². The van der Waals surface area contributed by atoms with Gasteiger partial charge in [0.1, 0.15) is 5.75 Å². The van der Waals surface area contributed by atoms with Crippen molar-refractivity contribution in [1.29, 1.82) is 0 Å². The zero-order chi connectivity index (χ0) is 19.1. The standard InChI is InChI=1S/C22H23N5O/c1-22-7-6-16(24-22)10-15(13-22)11-17-2-5-20(26-25-17)19-4-3-18(12-21(19)28)27-9-8-23-14-27/h2-5,8-9,11-12,14,16,24,28H,6-7,10,13H2,1H3/b15-11+/t16-,22+/m1/s1. The number of hydrogen-bond donors (Lipinski definition) is 2. The number of phenolic OH excluding ortho intramolecular Hbond substituents is 1. The molecule has 142 valence electrons. The van der Waals surface area contributed by atoms with E-state index < -0.39 is 0 Å². The lowest BCUT2D eigenvalue weighted by atomic mass is 9.88. The predicted octanol–water partition coefficient (Wildman–Crippen LogP) is 3.72. The monoisotopic (exact) mass is 373 g/mol. The van der Waals surface area contributed by atoms with Crippen LogP contribution in [0.1, 0.15) is 38.3 Å². The molecule has 0 aliphatic carbocycles. The Kier molecular flexibility index (Phi) is 4.02. The first kappa shape index (κ1) is 17.1. The number of aromatic nitrogens is 4. The van der Waals surface area contributed by atoms with Crippen LogP contribution < -0.4 is 5.32 Å². The molecule has 2 atom stereocenters. The van der Waals surface area contributed by atoms with E-state index in [0.29, 0.717) is 17.3 Å². The smallest absolute Gasteiger partial charge is 0.127 e. The number of piperidine rings is 1. The quantitative estimate of drug-likeness (QED) is 0.732. The third kappa shape index (κ3) is 3.20. The lowest BCUT2D eigenvalue weighted by Gasteiger charge is -2.32. The van der Waals surface area contributed by atoms with Gasteiger partial charge in [-0.25, -0.2) is 4.98 Å². The van der Waals surface area contributed by atoms with E-state index in [1.807, 2.05) is 35.0 Å². The molecule has 6 nitrogen and oxygen atoms in total. The molecule has 0 spiro atoms. The van der Waals surface area contributed by atoms with Crippen molar-refractivity contribution in [3.8, 4) is 22.7 Å². The van der Waals surface area contributed by atoms with Gasteiger partial charge in [-0.15, -0.1) is 5.10 Å². The molecule has 2 aromatic heterocycles. The summed E-state index contributed by atoms with van der Waals surface area (Å²) in [6.45, 7) is 2.31. The Morgan fingerprint density at radius 2 is 2.18 bits per heavy atom. The van der Waals surface area contributed by atoms with Gasteiger partial charge in [0, 0.05) is 35.6 Å². The van der Waals surface area contributed by atoms with Crippen LogP contribution in [0.25, 0.3) is 23.0 Å². The Balaban J connectivity index is 1.38. The Morgan fingerprint density at radius 3 is 2.89 bits per heavy atom. The van der Waals surface area contributed by atoms with Crippen molar-refractivity contribution < 1.29 is 5.11 Å². The summed E-state index contributed by atoms with van der Waals surface area (Å²) < 4.78 is 1.84. The summed E-state index contributed by atoms with van der Waals surface area (Å²) in [6, 6.07) is 9.99. The maximum absolute atomic E-state index is 10.4. The molecule has 0 saturated carbocycles. The molecular weight excluding hydrogens is 350 g/mol. The largest absolute Gasteiger partial charge is 0.507 e. The van der Waals surface area contributed by atoms with E-state index in [1.165, 1.54) is 18.4 Å². The molecular formula is C22H23N5O. The third-order valence-corrected chi connectivity index (χ3v) is 5.82. The zero-order valence-electron chi connectivity index (χ0n) is 15.8. The maximum atomic E-state index is 10.4. The van der Waals surface area contributed by atoms with E-state index in [0.717, 1.165) is 24.2 Å². The lowest BCUT2D eigenvalue weighted by molar-refractivity contribution is 0.351. The van der Waals surface area contributed by atoms with Gasteiger partial charge < -0.3 is 15.0 Å². The highest BCUT2D eigenvalue weighted by atomic mass is 16.3. The van der Waals surface area contributed by atoms with E-state index in [4.69, 9.17) is 0 Å². The minimum atomic E-state index is 0.175. The molecule has 2 bridgehead atoms. The zero-order valence-corrected chi connectivity index (χ0v) is 15.8. The number of imidazole rings is 1. The highest BCUT2D eigenvalue weighted by Crippen LogP contribution is 2.38. The molecule has 2 N–H and O–H groups in total. The molecule has 4 heterocycles. The van der Waals surface area contributed by atoms with E-state index in [-0.39, 0.29) is 11.3 Å². The van der Waals surface area contributed by atoms with Crippen LogP contribution in [0.3, 0.4) is 0 Å². The van der Waals surface area contributed by atoms with Gasteiger partial charge in [-0.3, -0.25) is 0 Å². The molecule has 0 radical (unpaired) electrons. The second kappa shape index (κ2) is 6.56. The molecule has 2 saturated heterocycles. The average molecular weight is 373 g/mol. The van der Waals surface area contributed by atoms with E-state index in [2.05, 4.69) is 33.5 Å². The Labute approximate surface area is 164 Å². The fourth-order valence-electron chi connectivity index (χ4n) is 4.50. The maximum Gasteiger partial charge on any atom is 0.127 e. The molecule has 5 rings (SSSR count). The number of fused-ring (bicyclic) bond motifs is 2. The Hall–Kier alpha value is -2.99. The van der Waals surface area contributed by atoms with Gasteiger partial charge >= 0.3 is 0 Å². The molecule has 2 fully saturated rings. The second-order valence-corrected chi connectivity index (χ2v) is 8.14. The Bertz CT molecular complexity index is 1030. The number of hydrogen-bond acceptors (Lipinski definition) is 5. The summed E-state index contributed by atoms with van der Waals surface area (Å²) in [6.07, 6.45) is 12.1. The first-order valence-corrected chi connectivity index (χ1v) is 9.71. The molecule has 6 heteroatoms. The van der Waals surface area contributed by atoms with Gasteiger partial charge in [-0.2, -0.15) is 5.10 Å². The van der Waals surface area contributed by atoms with E-state index >= 15 is 0 Å². The summed E-state index contributed by atoms with van der Waals surface area (Å²) >= 11 is 0. The van der Waals surface area contributed by atoms with Crippen molar-refractivity contribution in [2.75, 3.05) is 0 Å². The normalized spacial score (nSPS) is 25.3. The van der Waals surface area contributed by atoms with Crippen molar-refractivity contribution >= 4 is 6.08 Å². The minimum absolute atomic E-state index is 0.175. The fraction of sp³-hybridized carbons (Fsp3) is 0.318. The number of benzene rings is 1. The molecule has 0 amide bonds. The summed E-state index contributed by atoms with van der Waals surface area (Å²) in [4.78, 5) is 4.03. The van der Waals surface area contributed by atoms with Crippen LogP contribution in [-0.2, 0) is 0 Å². The molecule has 28 heavy (non-hydrogen) atoms. The van der Waals surface area contributed by atoms with Crippen LogP contribution in [0.15, 0.2) is 54.6 Å². The summed E-state index contributed by atoms with van der Waals surface area (Å²) in [5.41, 5.74) is 4.74. The number of phenols is 1. The SMILES string of the molecule is C[C@]12CC[C@H](C/C(=C\c3ccc(-c4ccc(-n5ccnc5)cc4O)nn3)C1)N2. The van der Waals surface area contributed by atoms with Crippen LogP contribution >= 0.6 is 0 Å². The van der Waals surface area contributed by atoms with Crippen LogP contribution in [0.5, 0.6) is 5.75 Å². The molecule has 2 aliphatic heterocycles. The lowest BCUT2D eigenvalue weighted by Crippen LogP contribution is -2.44. The summed E-state index contributed by atoms with van der Waals surface area (Å²) in [5, 5.41) is 22.9. The third-order valence-electron chi connectivity index (χ3n) is 5.82. The highest BCUT2D eigenvalue weighted by Gasteiger charge is 2.39. The number of nitrogens with one attached hydrogen (secondary N) is 1. The molecule has 1 aromatic carbocycles. The summed E-state index contributed by atoms with van der Waals surface area (Å²) in [5.74, 6) is 0.175.